The van der Waals surface area contributed by atoms with E-state index in [9.17, 15) is 14.4 Å². The average molecular weight is 374 g/mol. The van der Waals surface area contributed by atoms with Gasteiger partial charge in [0.05, 0.1) is 0 Å². The molecule has 2 rings (SSSR count). The van der Waals surface area contributed by atoms with Crippen LogP contribution in [0.3, 0.4) is 0 Å². The molecule has 144 valence electrons. The molecular weight excluding hydrogens is 352 g/mol. The largest absolute Gasteiger partial charge is 0.454 e. The van der Waals surface area contributed by atoms with Gasteiger partial charge in [0, 0.05) is 12.5 Å². The Morgan fingerprint density at radius 1 is 1.22 bits per heavy atom. The summed E-state index contributed by atoms with van der Waals surface area (Å²) in [6.07, 6.45) is 2.32. The van der Waals surface area contributed by atoms with Gasteiger partial charge in [-0.05, 0) is 29.3 Å². The maximum Gasteiger partial charge on any atom is 0.331 e. The fourth-order valence-corrected chi connectivity index (χ4v) is 2.19. The first-order valence-electron chi connectivity index (χ1n) is 8.53. The van der Waals surface area contributed by atoms with Crippen molar-refractivity contribution in [3.05, 3.63) is 42.2 Å². The van der Waals surface area contributed by atoms with Gasteiger partial charge in [0.2, 0.25) is 0 Å². The molecule has 0 spiro atoms. The quantitative estimate of drug-likeness (QED) is 0.648. The third-order valence-electron chi connectivity index (χ3n) is 3.82. The summed E-state index contributed by atoms with van der Waals surface area (Å²) in [6.45, 7) is 3.13. The predicted octanol–water partition coefficient (Wildman–Crippen LogP) is 0.624. The van der Waals surface area contributed by atoms with Crippen LogP contribution in [-0.4, -0.2) is 50.8 Å². The van der Waals surface area contributed by atoms with E-state index in [1.165, 1.54) is 11.0 Å². The van der Waals surface area contributed by atoms with Gasteiger partial charge in [-0.25, -0.2) is 14.3 Å². The lowest BCUT2D eigenvalue weighted by Crippen LogP contribution is -2.44. The standard InChI is InChI=1S/C17H22N6O4/c1-3-12(2)19-17(26)20-15(24)10-27-16(25)14(23-11-18-21-22-23)9-13-7-5-4-6-8-13/h4-8,11-12,14H,3,9-10H2,1-2H3,(H2,19,20,24,26)/t12-,14+/m1/s1. The molecular formula is C17H22N6O4. The molecule has 27 heavy (non-hydrogen) atoms. The number of hydrogen-bond acceptors (Lipinski definition) is 7. The van der Waals surface area contributed by atoms with Crippen LogP contribution in [0.2, 0.25) is 0 Å². The molecule has 1 aromatic heterocycles. The normalized spacial score (nSPS) is 12.7. The van der Waals surface area contributed by atoms with Gasteiger partial charge in [-0.1, -0.05) is 37.3 Å². The molecule has 2 N–H and O–H groups in total. The van der Waals surface area contributed by atoms with E-state index in [2.05, 4.69) is 26.2 Å². The molecule has 0 unspecified atom stereocenters. The van der Waals surface area contributed by atoms with Gasteiger partial charge >= 0.3 is 12.0 Å². The molecule has 3 amide bonds. The molecule has 0 radical (unpaired) electrons. The van der Waals surface area contributed by atoms with Crippen LogP contribution in [0.4, 0.5) is 4.79 Å². The summed E-state index contributed by atoms with van der Waals surface area (Å²) in [5, 5.41) is 15.5. The Bertz CT molecular complexity index is 750. The van der Waals surface area contributed by atoms with E-state index in [4.69, 9.17) is 4.74 Å². The first kappa shape index (κ1) is 20.0. The number of ether oxygens (including phenoxy) is 1. The van der Waals surface area contributed by atoms with E-state index in [0.717, 1.165) is 12.0 Å². The number of carbonyl (C=O) groups is 3. The number of hydrogen-bond donors (Lipinski definition) is 2. The summed E-state index contributed by atoms with van der Waals surface area (Å²) in [5.74, 6) is -1.40. The highest BCUT2D eigenvalue weighted by Crippen LogP contribution is 2.14. The molecule has 0 bridgehead atoms. The van der Waals surface area contributed by atoms with Crippen molar-refractivity contribution in [1.82, 2.24) is 30.8 Å². The summed E-state index contributed by atoms with van der Waals surface area (Å²) in [6, 6.07) is 7.74. The molecule has 10 heteroatoms. The molecule has 1 heterocycles. The van der Waals surface area contributed by atoms with Crippen LogP contribution in [0.1, 0.15) is 31.9 Å². The van der Waals surface area contributed by atoms with E-state index >= 15 is 0 Å². The van der Waals surface area contributed by atoms with Crippen molar-refractivity contribution in [2.75, 3.05) is 6.61 Å². The molecule has 2 atom stereocenters. The Morgan fingerprint density at radius 2 is 1.96 bits per heavy atom. The number of nitrogens with one attached hydrogen (secondary N) is 2. The van der Waals surface area contributed by atoms with Gasteiger partial charge in [0.15, 0.2) is 12.6 Å². The Morgan fingerprint density at radius 3 is 2.59 bits per heavy atom. The minimum absolute atomic E-state index is 0.0737. The Kier molecular flexibility index (Phi) is 7.41. The van der Waals surface area contributed by atoms with Crippen LogP contribution in [-0.2, 0) is 20.7 Å². The van der Waals surface area contributed by atoms with Crippen molar-refractivity contribution in [2.45, 2.75) is 38.8 Å². The lowest BCUT2D eigenvalue weighted by molar-refractivity contribution is -0.152. The number of rotatable bonds is 8. The van der Waals surface area contributed by atoms with Crippen LogP contribution < -0.4 is 10.6 Å². The fourth-order valence-electron chi connectivity index (χ4n) is 2.19. The number of tetrazole rings is 1. The number of imide groups is 1. The molecule has 0 saturated carbocycles. The average Bonchev–Trinajstić information content (AvgIpc) is 3.19. The highest BCUT2D eigenvalue weighted by atomic mass is 16.5. The topological polar surface area (TPSA) is 128 Å². The predicted molar refractivity (Wildman–Crippen MR) is 94.4 cm³/mol. The SMILES string of the molecule is CC[C@@H](C)NC(=O)NC(=O)COC(=O)[C@H](Cc1ccccc1)n1cnnn1. The molecule has 1 aromatic carbocycles. The Labute approximate surface area is 156 Å². The highest BCUT2D eigenvalue weighted by Gasteiger charge is 2.25. The van der Waals surface area contributed by atoms with Gasteiger partial charge in [0.1, 0.15) is 6.33 Å². The summed E-state index contributed by atoms with van der Waals surface area (Å²) in [5.41, 5.74) is 0.882. The lowest BCUT2D eigenvalue weighted by Gasteiger charge is -2.16. The van der Waals surface area contributed by atoms with Gasteiger partial charge in [-0.2, -0.15) is 0 Å². The molecule has 10 nitrogen and oxygen atoms in total. The minimum Gasteiger partial charge on any atom is -0.454 e. The summed E-state index contributed by atoms with van der Waals surface area (Å²) in [7, 11) is 0. The van der Waals surface area contributed by atoms with Crippen LogP contribution in [0.15, 0.2) is 36.7 Å². The number of urea groups is 1. The van der Waals surface area contributed by atoms with Crippen LogP contribution in [0.5, 0.6) is 0 Å². The van der Waals surface area contributed by atoms with E-state index in [0.29, 0.717) is 6.42 Å². The lowest BCUT2D eigenvalue weighted by atomic mass is 10.1. The van der Waals surface area contributed by atoms with Crippen LogP contribution in [0.25, 0.3) is 0 Å². The third-order valence-corrected chi connectivity index (χ3v) is 3.82. The number of benzene rings is 1. The molecule has 0 aliphatic rings. The highest BCUT2D eigenvalue weighted by molar-refractivity contribution is 5.95. The summed E-state index contributed by atoms with van der Waals surface area (Å²) < 4.78 is 6.31. The van der Waals surface area contributed by atoms with E-state index in [-0.39, 0.29) is 6.04 Å². The van der Waals surface area contributed by atoms with E-state index < -0.39 is 30.6 Å². The van der Waals surface area contributed by atoms with Crippen molar-refractivity contribution >= 4 is 17.9 Å². The van der Waals surface area contributed by atoms with Gasteiger partial charge in [-0.3, -0.25) is 10.1 Å². The fraction of sp³-hybridized carbons (Fsp3) is 0.412. The first-order valence-corrected chi connectivity index (χ1v) is 8.53. The number of esters is 1. The second-order valence-electron chi connectivity index (χ2n) is 5.93. The monoisotopic (exact) mass is 374 g/mol. The zero-order valence-corrected chi connectivity index (χ0v) is 15.2. The van der Waals surface area contributed by atoms with Crippen molar-refractivity contribution in [3.8, 4) is 0 Å². The van der Waals surface area contributed by atoms with Crippen molar-refractivity contribution < 1.29 is 19.1 Å². The van der Waals surface area contributed by atoms with E-state index in [1.54, 1.807) is 0 Å². The van der Waals surface area contributed by atoms with Crippen LogP contribution >= 0.6 is 0 Å². The smallest absolute Gasteiger partial charge is 0.331 e. The second kappa shape index (κ2) is 10.00. The van der Waals surface area contributed by atoms with Crippen molar-refractivity contribution in [3.63, 3.8) is 0 Å². The molecule has 2 aromatic rings. The van der Waals surface area contributed by atoms with E-state index in [1.807, 2.05) is 44.2 Å². The van der Waals surface area contributed by atoms with Crippen LogP contribution in [0, 0.1) is 0 Å². The number of nitrogens with zero attached hydrogens (tertiary/aromatic N) is 4. The first-order chi connectivity index (χ1) is 13.0. The van der Waals surface area contributed by atoms with Gasteiger partial charge in [0.25, 0.3) is 5.91 Å². The van der Waals surface area contributed by atoms with Gasteiger partial charge < -0.3 is 10.1 Å². The Hall–Kier alpha value is -3.30. The number of aromatic nitrogens is 4. The van der Waals surface area contributed by atoms with Gasteiger partial charge in [-0.15, -0.1) is 5.10 Å². The number of carbonyl (C=O) groups excluding carboxylic acids is 3. The minimum atomic E-state index is -0.829. The summed E-state index contributed by atoms with van der Waals surface area (Å²) in [4.78, 5) is 35.9. The zero-order valence-electron chi connectivity index (χ0n) is 15.2. The maximum absolute atomic E-state index is 12.4. The zero-order chi connectivity index (χ0) is 19.6. The Balaban J connectivity index is 1.92. The molecule has 0 fully saturated rings. The second-order valence-corrected chi connectivity index (χ2v) is 5.93. The molecule has 0 aliphatic heterocycles. The maximum atomic E-state index is 12.4. The summed E-state index contributed by atoms with van der Waals surface area (Å²) >= 11 is 0. The van der Waals surface area contributed by atoms with Crippen molar-refractivity contribution in [2.24, 2.45) is 0 Å². The molecule has 0 saturated heterocycles. The number of amides is 3. The third kappa shape index (κ3) is 6.49. The molecule has 0 aliphatic carbocycles. The van der Waals surface area contributed by atoms with Crippen molar-refractivity contribution in [1.29, 1.82) is 0 Å².